The van der Waals surface area contributed by atoms with Gasteiger partial charge >= 0.3 is 0 Å². The first-order valence-corrected chi connectivity index (χ1v) is 5.05. The lowest BCUT2D eigenvalue weighted by molar-refractivity contribution is 1.09. The Morgan fingerprint density at radius 1 is 1.25 bits per heavy atom. The second kappa shape index (κ2) is 13.0. The van der Waals surface area contributed by atoms with E-state index in [0.29, 0.717) is 0 Å². The number of allylic oxidation sites excluding steroid dienone is 1. The van der Waals surface area contributed by atoms with Crippen molar-refractivity contribution in [2.24, 2.45) is 4.99 Å². The Morgan fingerprint density at radius 3 is 1.92 bits per heavy atom. The SMILES string of the molecule is CC.CCC.CCC1=NC=CC1. The molecule has 0 fully saturated rings. The van der Waals surface area contributed by atoms with Crippen LogP contribution in [0, 0.1) is 0 Å². The third kappa shape index (κ3) is 9.41. The average Bonchev–Trinajstić information content (AvgIpc) is 2.61. The van der Waals surface area contributed by atoms with E-state index in [1.54, 1.807) is 0 Å². The molecule has 1 aliphatic rings. The van der Waals surface area contributed by atoms with Crippen LogP contribution in [0.1, 0.15) is 53.9 Å². The zero-order valence-electron chi connectivity index (χ0n) is 9.22. The fourth-order valence-corrected chi connectivity index (χ4v) is 0.635. The normalized spacial score (nSPS) is 12.2. The fourth-order valence-electron chi connectivity index (χ4n) is 0.635. The summed E-state index contributed by atoms with van der Waals surface area (Å²) in [5.41, 5.74) is 1.31. The lowest BCUT2D eigenvalue weighted by Crippen LogP contribution is -1.86. The number of nitrogens with zero attached hydrogens (tertiary/aromatic N) is 1. The van der Waals surface area contributed by atoms with Gasteiger partial charge in [-0.05, 0) is 6.42 Å². The summed E-state index contributed by atoms with van der Waals surface area (Å²) in [5, 5.41) is 0. The Hall–Kier alpha value is -0.590. The molecule has 0 radical (unpaired) electrons. The molecule has 1 rings (SSSR count). The molecule has 0 amide bonds. The molecule has 0 atom stereocenters. The van der Waals surface area contributed by atoms with Crippen molar-refractivity contribution >= 4 is 5.71 Å². The van der Waals surface area contributed by atoms with E-state index in [1.807, 2.05) is 20.0 Å². The molecule has 12 heavy (non-hydrogen) atoms. The van der Waals surface area contributed by atoms with Crippen LogP contribution in [0.2, 0.25) is 0 Å². The number of hydrogen-bond acceptors (Lipinski definition) is 1. The van der Waals surface area contributed by atoms with Crippen molar-refractivity contribution in [3.05, 3.63) is 12.3 Å². The minimum atomic E-state index is 1.08. The van der Waals surface area contributed by atoms with Gasteiger partial charge in [0.05, 0.1) is 0 Å². The number of rotatable bonds is 1. The van der Waals surface area contributed by atoms with Crippen LogP contribution >= 0.6 is 0 Å². The Kier molecular flexibility index (Phi) is 15.2. The molecule has 0 N–H and O–H groups in total. The third-order valence-electron chi connectivity index (χ3n) is 1.12. The van der Waals surface area contributed by atoms with E-state index in [-0.39, 0.29) is 0 Å². The summed E-state index contributed by atoms with van der Waals surface area (Å²) < 4.78 is 0. The van der Waals surface area contributed by atoms with Crippen molar-refractivity contribution < 1.29 is 0 Å². The minimum absolute atomic E-state index is 1.08. The van der Waals surface area contributed by atoms with Gasteiger partial charge in [-0.2, -0.15) is 0 Å². The van der Waals surface area contributed by atoms with E-state index in [0.717, 1.165) is 12.8 Å². The first-order valence-electron chi connectivity index (χ1n) is 5.05. The van der Waals surface area contributed by atoms with Gasteiger partial charge in [-0.1, -0.05) is 47.1 Å². The van der Waals surface area contributed by atoms with E-state index in [4.69, 9.17) is 0 Å². The highest BCUT2D eigenvalue weighted by atomic mass is 14.7. The van der Waals surface area contributed by atoms with E-state index < -0.39 is 0 Å². The maximum Gasteiger partial charge on any atom is 0.0231 e. The van der Waals surface area contributed by atoms with Crippen molar-refractivity contribution in [2.75, 3.05) is 0 Å². The summed E-state index contributed by atoms with van der Waals surface area (Å²) in [6.45, 7) is 10.4. The van der Waals surface area contributed by atoms with Gasteiger partial charge in [-0.25, -0.2) is 0 Å². The van der Waals surface area contributed by atoms with Gasteiger partial charge in [-0.3, -0.25) is 4.99 Å². The molecule has 0 aromatic rings. The van der Waals surface area contributed by atoms with Crippen molar-refractivity contribution in [3.63, 3.8) is 0 Å². The van der Waals surface area contributed by atoms with Gasteiger partial charge in [0, 0.05) is 18.3 Å². The van der Waals surface area contributed by atoms with Gasteiger partial charge in [0.25, 0.3) is 0 Å². The summed E-state index contributed by atoms with van der Waals surface area (Å²) in [5.74, 6) is 0. The lowest BCUT2D eigenvalue weighted by Gasteiger charge is -1.86. The van der Waals surface area contributed by atoms with E-state index in [2.05, 4.69) is 31.8 Å². The molecule has 1 nitrogen and oxygen atoms in total. The van der Waals surface area contributed by atoms with Crippen molar-refractivity contribution in [2.45, 2.75) is 53.9 Å². The van der Waals surface area contributed by atoms with Crippen LogP contribution in [-0.4, -0.2) is 5.71 Å². The molecule has 0 unspecified atom stereocenters. The third-order valence-corrected chi connectivity index (χ3v) is 1.12. The molecule has 1 heteroatoms. The second-order valence-electron chi connectivity index (χ2n) is 2.34. The maximum absolute atomic E-state index is 4.09. The summed E-state index contributed by atoms with van der Waals surface area (Å²) in [7, 11) is 0. The van der Waals surface area contributed by atoms with Crippen LogP contribution in [0.15, 0.2) is 17.3 Å². The van der Waals surface area contributed by atoms with E-state index in [9.17, 15) is 0 Å². The maximum atomic E-state index is 4.09. The average molecular weight is 169 g/mol. The van der Waals surface area contributed by atoms with E-state index >= 15 is 0 Å². The van der Waals surface area contributed by atoms with Gasteiger partial charge in [0.15, 0.2) is 0 Å². The molecule has 72 valence electrons. The molecule has 0 aliphatic carbocycles. The van der Waals surface area contributed by atoms with Crippen molar-refractivity contribution in [1.29, 1.82) is 0 Å². The standard InChI is InChI=1S/C6H9N.C3H8.C2H6/c1-2-6-4-3-5-7-6;1-3-2;1-2/h3,5H,2,4H2,1H3;3H2,1-2H3;1-2H3. The highest BCUT2D eigenvalue weighted by Gasteiger charge is 1.94. The van der Waals surface area contributed by atoms with Crippen LogP contribution in [0.5, 0.6) is 0 Å². The molecule has 0 saturated heterocycles. The summed E-state index contributed by atoms with van der Waals surface area (Å²) in [4.78, 5) is 4.09. The Bertz CT molecular complexity index is 123. The van der Waals surface area contributed by atoms with Gasteiger partial charge in [0.1, 0.15) is 0 Å². The molecule has 0 bridgehead atoms. The van der Waals surface area contributed by atoms with Crippen LogP contribution in [0.4, 0.5) is 0 Å². The largest absolute Gasteiger partial charge is 0.266 e. The van der Waals surface area contributed by atoms with Gasteiger partial charge < -0.3 is 0 Å². The predicted molar refractivity (Wildman–Crippen MR) is 58.8 cm³/mol. The van der Waals surface area contributed by atoms with Gasteiger partial charge in [0.2, 0.25) is 0 Å². The summed E-state index contributed by atoms with van der Waals surface area (Å²) in [6.07, 6.45) is 7.39. The van der Waals surface area contributed by atoms with Crippen LogP contribution in [-0.2, 0) is 0 Å². The lowest BCUT2D eigenvalue weighted by atomic mass is 10.2. The Balaban J connectivity index is 0. The Morgan fingerprint density at radius 2 is 1.75 bits per heavy atom. The highest BCUT2D eigenvalue weighted by molar-refractivity contribution is 5.87. The van der Waals surface area contributed by atoms with E-state index in [1.165, 1.54) is 12.1 Å². The molecule has 0 spiro atoms. The second-order valence-corrected chi connectivity index (χ2v) is 2.34. The smallest absolute Gasteiger partial charge is 0.0231 e. The molecular formula is C11H23N. The van der Waals surface area contributed by atoms with Crippen molar-refractivity contribution in [3.8, 4) is 0 Å². The Labute approximate surface area is 77.6 Å². The molecule has 1 heterocycles. The molecule has 0 aromatic carbocycles. The fraction of sp³-hybridized carbons (Fsp3) is 0.727. The predicted octanol–water partition coefficient (Wildman–Crippen LogP) is 4.20. The summed E-state index contributed by atoms with van der Waals surface area (Å²) >= 11 is 0. The topological polar surface area (TPSA) is 12.4 Å². The van der Waals surface area contributed by atoms with Crippen molar-refractivity contribution in [1.82, 2.24) is 0 Å². The first-order chi connectivity index (χ1) is 5.85. The molecule has 1 aliphatic heterocycles. The minimum Gasteiger partial charge on any atom is -0.266 e. The molecule has 0 aromatic heterocycles. The number of aliphatic imine (C=N–C) groups is 1. The summed E-state index contributed by atoms with van der Waals surface area (Å²) in [6, 6.07) is 0. The number of hydrogen-bond donors (Lipinski definition) is 0. The van der Waals surface area contributed by atoms with Gasteiger partial charge in [-0.15, -0.1) is 0 Å². The quantitative estimate of drug-likeness (QED) is 0.558. The zero-order valence-corrected chi connectivity index (χ0v) is 9.22. The first kappa shape index (κ1) is 14.0. The van der Waals surface area contributed by atoms with Crippen LogP contribution < -0.4 is 0 Å². The monoisotopic (exact) mass is 169 g/mol. The molecular weight excluding hydrogens is 146 g/mol. The van der Waals surface area contributed by atoms with Crippen LogP contribution in [0.3, 0.4) is 0 Å². The van der Waals surface area contributed by atoms with Crippen LogP contribution in [0.25, 0.3) is 0 Å². The molecule has 0 saturated carbocycles. The zero-order chi connectivity index (χ0) is 9.82. The highest BCUT2D eigenvalue weighted by Crippen LogP contribution is 2.01.